The molecule has 2 aromatic carbocycles. The van der Waals surface area contributed by atoms with Crippen LogP contribution in [0.25, 0.3) is 16.5 Å². The van der Waals surface area contributed by atoms with Crippen LogP contribution in [0.1, 0.15) is 16.5 Å². The lowest BCUT2D eigenvalue weighted by atomic mass is 10.0. The first-order chi connectivity index (χ1) is 17.1. The minimum atomic E-state index is -0.264. The molecule has 5 aromatic rings. The Morgan fingerprint density at radius 2 is 1.77 bits per heavy atom. The molecule has 7 nitrogen and oxygen atoms in total. The number of halogens is 2. The van der Waals surface area contributed by atoms with E-state index < -0.39 is 0 Å². The van der Waals surface area contributed by atoms with Gasteiger partial charge in [0.1, 0.15) is 5.82 Å². The maximum atomic E-state index is 13.4. The average molecular weight is 510 g/mol. The first-order valence-electron chi connectivity index (χ1n) is 11.2. The highest BCUT2D eigenvalue weighted by Gasteiger charge is 2.33. The van der Waals surface area contributed by atoms with Crippen LogP contribution >= 0.6 is 22.9 Å². The number of anilines is 1. The standard InChI is InChI=1S/C25H21ClFN5O2S/c26-19-5-2-1-4-18(19)21(31-13-11-30(12-14-31)17-9-7-16(27)8-10-17)22-24(33)32-25(35-22)28-23(29-32)20-6-3-15-34-20/h1-10,15,21,33H,11-14H2/t21-/m0/s1. The second-order valence-electron chi connectivity index (χ2n) is 8.32. The number of fused-ring (bicyclic) bond motifs is 1. The van der Waals surface area contributed by atoms with Gasteiger partial charge in [0.25, 0.3) is 0 Å². The molecule has 0 bridgehead atoms. The first kappa shape index (κ1) is 22.1. The van der Waals surface area contributed by atoms with Crippen molar-refractivity contribution in [3.8, 4) is 17.5 Å². The maximum Gasteiger partial charge on any atom is 0.230 e. The van der Waals surface area contributed by atoms with Gasteiger partial charge in [0.05, 0.1) is 17.2 Å². The summed E-state index contributed by atoms with van der Waals surface area (Å²) in [7, 11) is 0. The van der Waals surface area contributed by atoms with Crippen LogP contribution in [0.2, 0.25) is 5.02 Å². The summed E-state index contributed by atoms with van der Waals surface area (Å²) in [6.45, 7) is 2.99. The lowest BCUT2D eigenvalue weighted by Crippen LogP contribution is -2.47. The van der Waals surface area contributed by atoms with Crippen LogP contribution in [-0.2, 0) is 0 Å². The van der Waals surface area contributed by atoms with Crippen molar-refractivity contribution < 1.29 is 13.9 Å². The van der Waals surface area contributed by atoms with Crippen LogP contribution in [0.15, 0.2) is 71.3 Å². The topological polar surface area (TPSA) is 70.0 Å². The maximum absolute atomic E-state index is 13.4. The molecule has 3 aromatic heterocycles. The molecule has 35 heavy (non-hydrogen) atoms. The molecule has 1 aliphatic heterocycles. The summed E-state index contributed by atoms with van der Waals surface area (Å²) < 4.78 is 20.2. The van der Waals surface area contributed by atoms with Gasteiger partial charge in [-0.1, -0.05) is 41.1 Å². The minimum Gasteiger partial charge on any atom is -0.492 e. The highest BCUT2D eigenvalue weighted by Crippen LogP contribution is 2.42. The van der Waals surface area contributed by atoms with Gasteiger partial charge in [0, 0.05) is 36.9 Å². The number of rotatable bonds is 5. The van der Waals surface area contributed by atoms with Crippen molar-refractivity contribution in [2.24, 2.45) is 0 Å². The number of nitrogens with zero attached hydrogens (tertiary/aromatic N) is 5. The molecule has 1 aliphatic rings. The molecular weight excluding hydrogens is 489 g/mol. The van der Waals surface area contributed by atoms with Gasteiger partial charge in [0.15, 0.2) is 5.76 Å². The summed E-state index contributed by atoms with van der Waals surface area (Å²) in [5.74, 6) is 0.765. The molecule has 1 atom stereocenters. The third-order valence-corrected chi connectivity index (χ3v) is 7.68. The zero-order valence-corrected chi connectivity index (χ0v) is 20.1. The minimum absolute atomic E-state index is 0.0428. The molecular formula is C25H21ClFN5O2S. The monoisotopic (exact) mass is 509 g/mol. The fourth-order valence-electron chi connectivity index (χ4n) is 4.53. The smallest absolute Gasteiger partial charge is 0.230 e. The predicted molar refractivity (Wildman–Crippen MR) is 134 cm³/mol. The number of piperazine rings is 1. The molecule has 1 N–H and O–H groups in total. The molecule has 6 rings (SSSR count). The molecule has 178 valence electrons. The van der Waals surface area contributed by atoms with Crippen molar-refractivity contribution in [3.63, 3.8) is 0 Å². The van der Waals surface area contributed by atoms with E-state index in [9.17, 15) is 9.50 Å². The Hall–Kier alpha value is -3.40. The Bertz CT molecular complexity index is 1460. The lowest BCUT2D eigenvalue weighted by Gasteiger charge is -2.40. The van der Waals surface area contributed by atoms with E-state index in [-0.39, 0.29) is 17.7 Å². The van der Waals surface area contributed by atoms with Crippen molar-refractivity contribution in [2.75, 3.05) is 31.1 Å². The Balaban J connectivity index is 1.34. The van der Waals surface area contributed by atoms with Crippen LogP contribution in [0, 0.1) is 5.82 Å². The Labute approximate surface area is 209 Å². The highest BCUT2D eigenvalue weighted by atomic mass is 35.5. The number of thiazole rings is 1. The molecule has 4 heterocycles. The van der Waals surface area contributed by atoms with Gasteiger partial charge < -0.3 is 14.4 Å². The summed E-state index contributed by atoms with van der Waals surface area (Å²) in [5, 5.41) is 16.3. The van der Waals surface area contributed by atoms with Gasteiger partial charge in [-0.3, -0.25) is 4.90 Å². The van der Waals surface area contributed by atoms with Gasteiger partial charge in [-0.2, -0.15) is 9.50 Å². The summed E-state index contributed by atoms with van der Waals surface area (Å²) >= 11 is 8.03. The lowest BCUT2D eigenvalue weighted by molar-refractivity contribution is 0.211. The van der Waals surface area contributed by atoms with E-state index in [1.165, 1.54) is 28.0 Å². The van der Waals surface area contributed by atoms with Crippen LogP contribution in [-0.4, -0.2) is 50.8 Å². The van der Waals surface area contributed by atoms with E-state index in [0.717, 1.165) is 42.3 Å². The summed E-state index contributed by atoms with van der Waals surface area (Å²) in [4.78, 5) is 10.4. The molecule has 0 aliphatic carbocycles. The Morgan fingerprint density at radius 1 is 1.00 bits per heavy atom. The fourth-order valence-corrected chi connectivity index (χ4v) is 5.88. The van der Waals surface area contributed by atoms with E-state index in [0.29, 0.717) is 21.6 Å². The second kappa shape index (κ2) is 8.99. The third-order valence-electron chi connectivity index (χ3n) is 6.26. The summed E-state index contributed by atoms with van der Waals surface area (Å²) in [6.07, 6.45) is 1.56. The highest BCUT2D eigenvalue weighted by molar-refractivity contribution is 7.17. The number of benzene rings is 2. The van der Waals surface area contributed by atoms with Crippen molar-refractivity contribution >= 4 is 33.6 Å². The van der Waals surface area contributed by atoms with Crippen molar-refractivity contribution in [2.45, 2.75) is 6.04 Å². The number of hydrogen-bond acceptors (Lipinski definition) is 7. The van der Waals surface area contributed by atoms with Crippen LogP contribution in [0.4, 0.5) is 10.1 Å². The molecule has 10 heteroatoms. The number of aromatic hydroxyl groups is 1. The van der Waals surface area contributed by atoms with Crippen LogP contribution in [0.3, 0.4) is 0 Å². The van der Waals surface area contributed by atoms with Gasteiger partial charge in [-0.05, 0) is 48.0 Å². The third kappa shape index (κ3) is 4.05. The van der Waals surface area contributed by atoms with E-state index in [1.54, 1.807) is 30.5 Å². The fraction of sp³-hybridized carbons (Fsp3) is 0.200. The van der Waals surface area contributed by atoms with E-state index in [4.69, 9.17) is 16.0 Å². The van der Waals surface area contributed by atoms with Gasteiger partial charge in [0.2, 0.25) is 16.7 Å². The largest absolute Gasteiger partial charge is 0.492 e. The Kier molecular flexibility index (Phi) is 5.68. The van der Waals surface area contributed by atoms with E-state index in [2.05, 4.69) is 19.9 Å². The average Bonchev–Trinajstić information content (AvgIpc) is 3.61. The van der Waals surface area contributed by atoms with E-state index in [1.807, 2.05) is 24.3 Å². The number of furan rings is 1. The van der Waals surface area contributed by atoms with Crippen LogP contribution in [0.5, 0.6) is 5.88 Å². The second-order valence-corrected chi connectivity index (χ2v) is 9.74. The van der Waals surface area contributed by atoms with Gasteiger partial charge >= 0.3 is 0 Å². The van der Waals surface area contributed by atoms with Gasteiger partial charge in [-0.25, -0.2) is 4.39 Å². The Morgan fingerprint density at radius 3 is 2.46 bits per heavy atom. The number of hydrogen-bond donors (Lipinski definition) is 1. The zero-order valence-electron chi connectivity index (χ0n) is 18.5. The molecule has 0 radical (unpaired) electrons. The van der Waals surface area contributed by atoms with Crippen molar-refractivity contribution in [3.05, 3.63) is 88.2 Å². The summed E-state index contributed by atoms with van der Waals surface area (Å²) in [6, 6.07) is 17.6. The van der Waals surface area contributed by atoms with E-state index >= 15 is 0 Å². The SMILES string of the molecule is Oc1c([C@H](c2ccccc2Cl)N2CCN(c3ccc(F)cc3)CC2)sc2nc(-c3ccco3)nn12. The molecule has 0 amide bonds. The zero-order chi connectivity index (χ0) is 23.9. The normalized spacial score (nSPS) is 15.7. The van der Waals surface area contributed by atoms with Crippen LogP contribution < -0.4 is 4.90 Å². The van der Waals surface area contributed by atoms with Crippen molar-refractivity contribution in [1.29, 1.82) is 0 Å². The molecule has 1 saturated heterocycles. The molecule has 1 fully saturated rings. The number of aromatic nitrogens is 3. The predicted octanol–water partition coefficient (Wildman–Crippen LogP) is 5.46. The van der Waals surface area contributed by atoms with Crippen molar-refractivity contribution in [1.82, 2.24) is 19.5 Å². The molecule has 0 spiro atoms. The van der Waals surface area contributed by atoms with Gasteiger partial charge in [-0.15, -0.1) is 5.10 Å². The first-order valence-corrected chi connectivity index (χ1v) is 12.4. The molecule has 0 saturated carbocycles. The molecule has 0 unspecified atom stereocenters. The summed E-state index contributed by atoms with van der Waals surface area (Å²) in [5.41, 5.74) is 1.91. The quantitative estimate of drug-likeness (QED) is 0.339.